The van der Waals surface area contributed by atoms with Crippen molar-refractivity contribution in [2.45, 2.75) is 29.8 Å². The Morgan fingerprint density at radius 3 is 2.29 bits per heavy atom. The first kappa shape index (κ1) is 18.7. The smallest absolute Gasteiger partial charge is 0.321 e. The summed E-state index contributed by atoms with van der Waals surface area (Å²) in [5, 5.41) is 6.06. The number of amides is 3. The van der Waals surface area contributed by atoms with Crippen LogP contribution in [0, 0.1) is 0 Å². The lowest BCUT2D eigenvalue weighted by Crippen LogP contribution is -2.40. The Morgan fingerprint density at radius 1 is 0.857 bits per heavy atom. The number of para-hydroxylation sites is 1. The number of carbonyl (C=O) groups excluding carboxylic acids is 2. The molecule has 2 N–H and O–H groups in total. The molecule has 146 valence electrons. The van der Waals surface area contributed by atoms with Gasteiger partial charge in [0.25, 0.3) is 5.91 Å². The molecule has 0 aliphatic carbocycles. The molecule has 0 radical (unpaired) electrons. The molecule has 7 heteroatoms. The van der Waals surface area contributed by atoms with Gasteiger partial charge in [-0.15, -0.1) is 0 Å². The number of carbonyl (C=O) groups is 2. The summed E-state index contributed by atoms with van der Waals surface area (Å²) >= 11 is 0. The molecule has 2 aromatic carbocycles. The number of benzene rings is 2. The van der Waals surface area contributed by atoms with Crippen molar-refractivity contribution in [2.75, 3.05) is 23.7 Å². The van der Waals surface area contributed by atoms with Gasteiger partial charge >= 0.3 is 6.03 Å². The third-order valence-electron chi connectivity index (χ3n) is 5.33. The molecule has 2 aliphatic heterocycles. The van der Waals surface area contributed by atoms with E-state index >= 15 is 0 Å². The lowest BCUT2D eigenvalue weighted by molar-refractivity contribution is 0.102. The van der Waals surface area contributed by atoms with Gasteiger partial charge in [-0.3, -0.25) is 9.00 Å². The number of anilines is 2. The number of urea groups is 1. The van der Waals surface area contributed by atoms with E-state index in [-0.39, 0.29) is 22.4 Å². The lowest BCUT2D eigenvalue weighted by atomic mass is 10.1. The standard InChI is InChI=1S/C21H23N3O3S/c25-20(22-16-4-2-1-3-5-16)15-6-8-17(9-7-15)23-21(26)24-13-12-18-10-11-19(14-24)28(18)27/h1-9,18-19H,10-14H2,(H,22,25)(H,23,26). The van der Waals surface area contributed by atoms with E-state index in [2.05, 4.69) is 10.6 Å². The Balaban J connectivity index is 1.36. The summed E-state index contributed by atoms with van der Waals surface area (Å²) in [6.45, 7) is 1.18. The van der Waals surface area contributed by atoms with Crippen LogP contribution in [0.5, 0.6) is 0 Å². The van der Waals surface area contributed by atoms with Crippen molar-refractivity contribution in [3.05, 3.63) is 60.2 Å². The summed E-state index contributed by atoms with van der Waals surface area (Å²) in [6, 6.07) is 15.9. The van der Waals surface area contributed by atoms with E-state index in [1.807, 2.05) is 30.3 Å². The van der Waals surface area contributed by atoms with Gasteiger partial charge < -0.3 is 15.5 Å². The van der Waals surface area contributed by atoms with Crippen molar-refractivity contribution in [2.24, 2.45) is 0 Å². The Hall–Kier alpha value is -2.67. The Morgan fingerprint density at radius 2 is 1.54 bits per heavy atom. The van der Waals surface area contributed by atoms with Crippen LogP contribution in [0.25, 0.3) is 0 Å². The van der Waals surface area contributed by atoms with Crippen LogP contribution in [0.1, 0.15) is 29.6 Å². The van der Waals surface area contributed by atoms with E-state index in [9.17, 15) is 13.8 Å². The molecule has 0 spiro atoms. The maximum Gasteiger partial charge on any atom is 0.321 e. The van der Waals surface area contributed by atoms with E-state index in [1.165, 1.54) is 0 Å². The van der Waals surface area contributed by atoms with Gasteiger partial charge in [0.05, 0.1) is 5.25 Å². The predicted octanol–water partition coefficient (Wildman–Crippen LogP) is 3.46. The summed E-state index contributed by atoms with van der Waals surface area (Å²) in [6.07, 6.45) is 2.75. The zero-order chi connectivity index (χ0) is 19.5. The molecular formula is C21H23N3O3S. The minimum Gasteiger partial charge on any atom is -0.323 e. The molecule has 2 aliphatic rings. The zero-order valence-electron chi connectivity index (χ0n) is 15.5. The molecule has 4 rings (SSSR count). The van der Waals surface area contributed by atoms with Gasteiger partial charge in [0.2, 0.25) is 0 Å². The van der Waals surface area contributed by atoms with Gasteiger partial charge in [0, 0.05) is 46.1 Å². The highest BCUT2D eigenvalue weighted by Crippen LogP contribution is 2.30. The van der Waals surface area contributed by atoms with Gasteiger partial charge in [-0.05, 0) is 55.7 Å². The average Bonchev–Trinajstić information content (AvgIpc) is 2.94. The average molecular weight is 398 g/mol. The summed E-state index contributed by atoms with van der Waals surface area (Å²) in [7, 11) is -0.811. The second kappa shape index (κ2) is 8.14. The lowest BCUT2D eigenvalue weighted by Gasteiger charge is -2.24. The van der Waals surface area contributed by atoms with Crippen LogP contribution in [-0.2, 0) is 10.8 Å². The van der Waals surface area contributed by atoms with Gasteiger partial charge in [0.1, 0.15) is 0 Å². The zero-order valence-corrected chi connectivity index (χ0v) is 16.3. The van der Waals surface area contributed by atoms with Gasteiger partial charge in [-0.1, -0.05) is 18.2 Å². The highest BCUT2D eigenvalue weighted by atomic mass is 32.2. The molecule has 3 atom stereocenters. The number of rotatable bonds is 3. The highest BCUT2D eigenvalue weighted by molar-refractivity contribution is 7.86. The minimum atomic E-state index is -0.811. The number of fused-ring (bicyclic) bond motifs is 2. The van der Waals surface area contributed by atoms with Gasteiger partial charge in [0.15, 0.2) is 0 Å². The minimum absolute atomic E-state index is 0.0994. The van der Waals surface area contributed by atoms with Crippen molar-refractivity contribution in [1.29, 1.82) is 0 Å². The molecule has 2 bridgehead atoms. The number of hydrogen-bond donors (Lipinski definition) is 2. The maximum absolute atomic E-state index is 12.6. The Bertz CT molecular complexity index is 886. The molecule has 2 heterocycles. The second-order valence-electron chi connectivity index (χ2n) is 7.21. The van der Waals surface area contributed by atoms with Crippen molar-refractivity contribution >= 4 is 34.1 Å². The first-order valence-corrected chi connectivity index (χ1v) is 10.8. The molecule has 0 saturated carbocycles. The summed E-state index contributed by atoms with van der Waals surface area (Å²) < 4.78 is 12.3. The molecule has 0 aromatic heterocycles. The van der Waals surface area contributed by atoms with E-state index in [1.54, 1.807) is 29.2 Å². The normalized spacial score (nSPS) is 23.7. The topological polar surface area (TPSA) is 78.5 Å². The molecule has 2 saturated heterocycles. The number of nitrogens with zero attached hydrogens (tertiary/aromatic N) is 1. The van der Waals surface area contributed by atoms with E-state index in [0.717, 1.165) is 24.9 Å². The summed E-state index contributed by atoms with van der Waals surface area (Å²) in [5.74, 6) is -0.199. The number of nitrogens with one attached hydrogen (secondary N) is 2. The highest BCUT2D eigenvalue weighted by Gasteiger charge is 2.38. The largest absolute Gasteiger partial charge is 0.323 e. The third-order valence-corrected chi connectivity index (χ3v) is 7.50. The van der Waals surface area contributed by atoms with Gasteiger partial charge in [-0.2, -0.15) is 0 Å². The molecule has 2 aromatic rings. The molecule has 3 amide bonds. The van der Waals surface area contributed by atoms with Gasteiger partial charge in [-0.25, -0.2) is 4.79 Å². The first-order chi connectivity index (χ1) is 13.6. The predicted molar refractivity (Wildman–Crippen MR) is 111 cm³/mol. The van der Waals surface area contributed by atoms with E-state index in [4.69, 9.17) is 0 Å². The first-order valence-electron chi connectivity index (χ1n) is 9.52. The van der Waals surface area contributed by atoms with Crippen LogP contribution in [0.2, 0.25) is 0 Å². The summed E-state index contributed by atoms with van der Waals surface area (Å²) in [4.78, 5) is 26.7. The van der Waals surface area contributed by atoms with Crippen molar-refractivity contribution < 1.29 is 13.8 Å². The summed E-state index contributed by atoms with van der Waals surface area (Å²) in [5.41, 5.74) is 1.89. The molecular weight excluding hydrogens is 374 g/mol. The second-order valence-corrected chi connectivity index (χ2v) is 9.20. The molecule has 2 fully saturated rings. The van der Waals surface area contributed by atoms with E-state index < -0.39 is 10.8 Å². The van der Waals surface area contributed by atoms with Crippen LogP contribution < -0.4 is 10.6 Å². The van der Waals surface area contributed by atoms with Crippen LogP contribution in [0.3, 0.4) is 0 Å². The fraction of sp³-hybridized carbons (Fsp3) is 0.333. The maximum atomic E-state index is 12.6. The molecule has 6 nitrogen and oxygen atoms in total. The fourth-order valence-corrected chi connectivity index (χ4v) is 5.70. The molecule has 3 unspecified atom stereocenters. The van der Waals surface area contributed by atoms with Crippen LogP contribution in [-0.4, -0.2) is 44.6 Å². The Kier molecular flexibility index (Phi) is 5.43. The van der Waals surface area contributed by atoms with Crippen molar-refractivity contribution in [1.82, 2.24) is 4.90 Å². The third kappa shape index (κ3) is 4.09. The van der Waals surface area contributed by atoms with Crippen molar-refractivity contribution in [3.63, 3.8) is 0 Å². The van der Waals surface area contributed by atoms with Crippen LogP contribution in [0.4, 0.5) is 16.2 Å². The molecule has 28 heavy (non-hydrogen) atoms. The monoisotopic (exact) mass is 397 g/mol. The van der Waals surface area contributed by atoms with Crippen LogP contribution >= 0.6 is 0 Å². The SMILES string of the molecule is O=C(Nc1ccccc1)c1ccc(NC(=O)N2CCC3CCC(C2)S3=O)cc1. The quantitative estimate of drug-likeness (QED) is 0.833. The Labute approximate surface area is 166 Å². The van der Waals surface area contributed by atoms with Crippen molar-refractivity contribution in [3.8, 4) is 0 Å². The fourth-order valence-electron chi connectivity index (χ4n) is 3.76. The van der Waals surface area contributed by atoms with E-state index in [0.29, 0.717) is 24.3 Å². The number of hydrogen-bond acceptors (Lipinski definition) is 3. The van der Waals surface area contributed by atoms with Crippen LogP contribution in [0.15, 0.2) is 54.6 Å². The number of likely N-dealkylation sites (tertiary alicyclic amines) is 1.